The van der Waals surface area contributed by atoms with Gasteiger partial charge in [-0.15, -0.1) is 0 Å². The topological polar surface area (TPSA) is 52.0 Å². The van der Waals surface area contributed by atoms with Crippen LogP contribution in [-0.2, 0) is 0 Å². The number of aryl methyl sites for hydroxylation is 1. The molecule has 0 unspecified atom stereocenters. The molecular weight excluding hydrogens is 136 g/mol. The van der Waals surface area contributed by atoms with Crippen LogP contribution in [0.4, 0.5) is 11.4 Å². The second kappa shape index (κ2) is 2.46. The minimum atomic E-state index is 0.686. The summed E-state index contributed by atoms with van der Waals surface area (Å²) in [4.78, 5) is 0. The van der Waals surface area contributed by atoms with E-state index in [-0.39, 0.29) is 0 Å². The Morgan fingerprint density at radius 2 is 1.55 bits per heavy atom. The summed E-state index contributed by atoms with van der Waals surface area (Å²) in [5, 5.41) is 0. The quantitative estimate of drug-likeness (QED) is 0.554. The molecule has 2 heteroatoms. The number of nitrogens with two attached hydrogens (primary N) is 2. The summed E-state index contributed by atoms with van der Waals surface area (Å²) in [7, 11) is 0. The molecule has 0 saturated carbocycles. The van der Waals surface area contributed by atoms with E-state index in [1.807, 2.05) is 19.9 Å². The molecule has 11 heavy (non-hydrogen) atoms. The Hall–Kier alpha value is -1.18. The van der Waals surface area contributed by atoms with E-state index in [0.717, 1.165) is 5.56 Å². The lowest BCUT2D eigenvalue weighted by Crippen LogP contribution is -2.00. The summed E-state index contributed by atoms with van der Waals surface area (Å²) in [5.74, 6) is 0. The van der Waals surface area contributed by atoms with E-state index in [1.165, 1.54) is 11.1 Å². The Morgan fingerprint density at radius 3 is 2.09 bits per heavy atom. The van der Waals surface area contributed by atoms with Crippen molar-refractivity contribution in [1.29, 1.82) is 0 Å². The van der Waals surface area contributed by atoms with Gasteiger partial charge in [-0.05, 0) is 43.5 Å². The first kappa shape index (κ1) is 7.92. The molecule has 2 nitrogen and oxygen atoms in total. The summed E-state index contributed by atoms with van der Waals surface area (Å²) in [6.45, 7) is 6.09. The van der Waals surface area contributed by atoms with Gasteiger partial charge in [0.05, 0.1) is 11.4 Å². The fourth-order valence-electron chi connectivity index (χ4n) is 1.13. The Morgan fingerprint density at radius 1 is 1.00 bits per heavy atom. The Bertz CT molecular complexity index is 264. The molecule has 0 bridgehead atoms. The second-order valence-corrected chi connectivity index (χ2v) is 2.95. The fourth-order valence-corrected chi connectivity index (χ4v) is 1.13. The summed E-state index contributed by atoms with van der Waals surface area (Å²) >= 11 is 0. The zero-order valence-electron chi connectivity index (χ0n) is 7.23. The minimum absolute atomic E-state index is 0.686. The molecule has 0 saturated heterocycles. The molecule has 0 spiro atoms. The normalized spacial score (nSPS) is 10.1. The van der Waals surface area contributed by atoms with Crippen LogP contribution in [0, 0.1) is 20.8 Å². The van der Waals surface area contributed by atoms with Crippen molar-refractivity contribution in [2.24, 2.45) is 0 Å². The van der Waals surface area contributed by atoms with Crippen LogP contribution in [0.2, 0.25) is 0 Å². The van der Waals surface area contributed by atoms with Crippen LogP contribution in [0.1, 0.15) is 16.7 Å². The standard InChI is InChI=1S/C9H14N2/c1-5-4-8(10)9(11)7(3)6(5)2/h4H,10-11H2,1-3H3. The van der Waals surface area contributed by atoms with E-state index in [9.17, 15) is 0 Å². The molecular formula is C9H14N2. The lowest BCUT2D eigenvalue weighted by Gasteiger charge is -2.09. The number of nitrogen functional groups attached to an aromatic ring is 2. The Balaban J connectivity index is 3.46. The highest BCUT2D eigenvalue weighted by Gasteiger charge is 2.03. The average Bonchev–Trinajstić information content (AvgIpc) is 1.97. The van der Waals surface area contributed by atoms with Crippen LogP contribution in [0.5, 0.6) is 0 Å². The summed E-state index contributed by atoms with van der Waals surface area (Å²) in [6, 6.07) is 1.91. The third-order valence-electron chi connectivity index (χ3n) is 2.24. The van der Waals surface area contributed by atoms with Gasteiger partial charge >= 0.3 is 0 Å². The zero-order chi connectivity index (χ0) is 8.59. The van der Waals surface area contributed by atoms with Crippen LogP contribution in [0.25, 0.3) is 0 Å². The summed E-state index contributed by atoms with van der Waals surface area (Å²) in [6.07, 6.45) is 0. The van der Waals surface area contributed by atoms with Gasteiger partial charge < -0.3 is 11.5 Å². The van der Waals surface area contributed by atoms with Gasteiger partial charge in [-0.1, -0.05) is 0 Å². The van der Waals surface area contributed by atoms with Crippen LogP contribution in [0.3, 0.4) is 0 Å². The molecule has 0 radical (unpaired) electrons. The Labute approximate surface area is 67.2 Å². The third-order valence-corrected chi connectivity index (χ3v) is 2.24. The van der Waals surface area contributed by atoms with Gasteiger partial charge in [0.15, 0.2) is 0 Å². The van der Waals surface area contributed by atoms with Crippen molar-refractivity contribution in [3.8, 4) is 0 Å². The molecule has 0 aromatic heterocycles. The van der Waals surface area contributed by atoms with E-state index in [4.69, 9.17) is 11.5 Å². The Kier molecular flexibility index (Phi) is 1.77. The van der Waals surface area contributed by atoms with Crippen molar-refractivity contribution >= 4 is 11.4 Å². The number of anilines is 2. The molecule has 0 heterocycles. The first-order chi connectivity index (χ1) is 5.04. The van der Waals surface area contributed by atoms with Gasteiger partial charge in [0.1, 0.15) is 0 Å². The smallest absolute Gasteiger partial charge is 0.0580 e. The van der Waals surface area contributed by atoms with Crippen molar-refractivity contribution in [2.45, 2.75) is 20.8 Å². The van der Waals surface area contributed by atoms with Crippen molar-refractivity contribution < 1.29 is 0 Å². The predicted molar refractivity (Wildman–Crippen MR) is 49.5 cm³/mol. The lowest BCUT2D eigenvalue weighted by molar-refractivity contribution is 1.27. The van der Waals surface area contributed by atoms with E-state index in [0.29, 0.717) is 11.4 Å². The highest BCUT2D eigenvalue weighted by Crippen LogP contribution is 2.25. The monoisotopic (exact) mass is 150 g/mol. The molecule has 4 N–H and O–H groups in total. The molecule has 0 fully saturated rings. The zero-order valence-corrected chi connectivity index (χ0v) is 7.23. The number of benzene rings is 1. The van der Waals surface area contributed by atoms with Crippen LogP contribution in [-0.4, -0.2) is 0 Å². The first-order valence-corrected chi connectivity index (χ1v) is 3.65. The first-order valence-electron chi connectivity index (χ1n) is 3.65. The highest BCUT2D eigenvalue weighted by molar-refractivity contribution is 5.70. The maximum atomic E-state index is 5.73. The number of hydrogen-bond acceptors (Lipinski definition) is 2. The number of rotatable bonds is 0. The van der Waals surface area contributed by atoms with E-state index in [1.54, 1.807) is 0 Å². The SMILES string of the molecule is Cc1cc(N)c(N)c(C)c1C. The molecule has 1 aromatic rings. The molecule has 0 aliphatic rings. The molecule has 1 rings (SSSR count). The minimum Gasteiger partial charge on any atom is -0.397 e. The molecule has 0 atom stereocenters. The summed E-state index contributed by atoms with van der Waals surface area (Å²) in [5.41, 5.74) is 16.3. The fraction of sp³-hybridized carbons (Fsp3) is 0.333. The van der Waals surface area contributed by atoms with E-state index in [2.05, 4.69) is 6.92 Å². The van der Waals surface area contributed by atoms with Gasteiger partial charge in [0.25, 0.3) is 0 Å². The van der Waals surface area contributed by atoms with Crippen LogP contribution < -0.4 is 11.5 Å². The van der Waals surface area contributed by atoms with Crippen LogP contribution in [0.15, 0.2) is 6.07 Å². The van der Waals surface area contributed by atoms with Gasteiger partial charge in [-0.3, -0.25) is 0 Å². The maximum absolute atomic E-state index is 5.73. The van der Waals surface area contributed by atoms with Crippen molar-refractivity contribution in [2.75, 3.05) is 11.5 Å². The second-order valence-electron chi connectivity index (χ2n) is 2.95. The molecule has 60 valence electrons. The van der Waals surface area contributed by atoms with E-state index >= 15 is 0 Å². The van der Waals surface area contributed by atoms with E-state index < -0.39 is 0 Å². The molecule has 0 aliphatic carbocycles. The average molecular weight is 150 g/mol. The lowest BCUT2D eigenvalue weighted by atomic mass is 10.0. The van der Waals surface area contributed by atoms with Crippen molar-refractivity contribution in [1.82, 2.24) is 0 Å². The van der Waals surface area contributed by atoms with Gasteiger partial charge in [0.2, 0.25) is 0 Å². The summed E-state index contributed by atoms with van der Waals surface area (Å²) < 4.78 is 0. The third kappa shape index (κ3) is 1.16. The largest absolute Gasteiger partial charge is 0.397 e. The number of hydrogen-bond donors (Lipinski definition) is 2. The highest BCUT2D eigenvalue weighted by atomic mass is 14.7. The van der Waals surface area contributed by atoms with Crippen molar-refractivity contribution in [3.63, 3.8) is 0 Å². The molecule has 1 aromatic carbocycles. The van der Waals surface area contributed by atoms with Crippen molar-refractivity contribution in [3.05, 3.63) is 22.8 Å². The van der Waals surface area contributed by atoms with Crippen LogP contribution >= 0.6 is 0 Å². The predicted octanol–water partition coefficient (Wildman–Crippen LogP) is 1.78. The maximum Gasteiger partial charge on any atom is 0.0580 e. The molecule has 0 amide bonds. The van der Waals surface area contributed by atoms with Gasteiger partial charge in [-0.25, -0.2) is 0 Å². The van der Waals surface area contributed by atoms with Gasteiger partial charge in [-0.2, -0.15) is 0 Å². The molecule has 0 aliphatic heterocycles. The van der Waals surface area contributed by atoms with Gasteiger partial charge in [0, 0.05) is 0 Å².